The average molecular weight is 408 g/mol. The van der Waals surface area contributed by atoms with Gasteiger partial charge in [0.2, 0.25) is 5.91 Å². The third-order valence-corrected chi connectivity index (χ3v) is 3.72. The third kappa shape index (κ3) is 9.81. The van der Waals surface area contributed by atoms with Gasteiger partial charge >= 0.3 is 5.97 Å². The molecule has 158 valence electrons. The summed E-state index contributed by atoms with van der Waals surface area (Å²) in [5.74, 6) is -2.30. The predicted molar refractivity (Wildman–Crippen MR) is 104 cm³/mol. The molecule has 12 heteroatoms. The van der Waals surface area contributed by atoms with Gasteiger partial charge in [-0.15, -0.1) is 0 Å². The Labute approximate surface area is 166 Å². The second-order valence-corrected chi connectivity index (χ2v) is 6.21. The normalized spacial score (nSPS) is 12.3. The van der Waals surface area contributed by atoms with E-state index in [1.807, 2.05) is 0 Å². The van der Waals surface area contributed by atoms with Gasteiger partial charge in [-0.05, 0) is 19.9 Å². The number of guanidine groups is 1. The number of hydrogen-bond acceptors (Lipinski definition) is 6. The lowest BCUT2D eigenvalue weighted by Crippen LogP contribution is -2.46. The number of benzene rings is 1. The van der Waals surface area contributed by atoms with Crippen LogP contribution in [-0.2, 0) is 9.59 Å². The molecule has 0 aliphatic heterocycles. The number of hydrazone groups is 1. The van der Waals surface area contributed by atoms with Gasteiger partial charge in [0, 0.05) is 12.1 Å². The number of aliphatic carboxylic acids is 1. The summed E-state index contributed by atoms with van der Waals surface area (Å²) in [6.07, 6.45) is 0.347. The largest absolute Gasteiger partial charge is 0.480 e. The molecule has 0 fully saturated rings. The van der Waals surface area contributed by atoms with Crippen molar-refractivity contribution in [2.45, 2.75) is 18.9 Å². The number of nitrogens with zero attached hydrogens (tertiary/aromatic N) is 3. The van der Waals surface area contributed by atoms with E-state index in [2.05, 4.69) is 15.7 Å². The molecule has 0 aliphatic carbocycles. The van der Waals surface area contributed by atoms with Gasteiger partial charge in [-0.3, -0.25) is 14.5 Å². The van der Waals surface area contributed by atoms with E-state index in [0.29, 0.717) is 5.56 Å². The first-order chi connectivity index (χ1) is 13.7. The molecule has 0 aliphatic rings. The summed E-state index contributed by atoms with van der Waals surface area (Å²) < 4.78 is 0. The minimum Gasteiger partial charge on any atom is -0.480 e. The van der Waals surface area contributed by atoms with E-state index in [1.165, 1.54) is 4.90 Å². The van der Waals surface area contributed by atoms with Crippen LogP contribution in [0.5, 0.6) is 0 Å². The quantitative estimate of drug-likeness (QED) is 0.0863. The van der Waals surface area contributed by atoms with Crippen molar-refractivity contribution in [2.75, 3.05) is 26.7 Å². The predicted octanol–water partition coefficient (Wildman–Crippen LogP) is -0.753. The standard InChI is InChI=1S/C17H24N6O6/c1-22(10-14(24)12-6-3-2-4-7-12)11-15(25)20-13(16(26)27)8-5-9-19-17(18)21-23(28)29/h2-4,6-7,13H,5,8-11H2,1H3,(H,20,25)(H,26,27)(H3,18,19,21)/t13-/m0/s1. The number of nitrogens with two attached hydrogens (primary N) is 1. The molecule has 1 aromatic carbocycles. The number of ketones is 1. The number of Topliss-reactive ketones (excluding diaryl/α,β-unsaturated/α-hetero) is 1. The van der Waals surface area contributed by atoms with Crippen molar-refractivity contribution < 1.29 is 24.5 Å². The van der Waals surface area contributed by atoms with Crippen molar-refractivity contribution in [1.82, 2.24) is 15.5 Å². The highest BCUT2D eigenvalue weighted by Gasteiger charge is 2.21. The topological polar surface area (TPSA) is 180 Å². The van der Waals surface area contributed by atoms with Crippen molar-refractivity contribution in [3.63, 3.8) is 0 Å². The molecule has 0 saturated heterocycles. The Morgan fingerprint density at radius 2 is 1.93 bits per heavy atom. The monoisotopic (exact) mass is 408 g/mol. The Hall–Kier alpha value is -3.54. The molecule has 0 aromatic heterocycles. The third-order valence-electron chi connectivity index (χ3n) is 3.72. The van der Waals surface area contributed by atoms with Crippen LogP contribution in [0.2, 0.25) is 0 Å². The average Bonchev–Trinajstić information content (AvgIpc) is 2.63. The highest BCUT2D eigenvalue weighted by Crippen LogP contribution is 2.02. The minimum absolute atomic E-state index is 0.00808. The van der Waals surface area contributed by atoms with Crippen LogP contribution in [0.3, 0.4) is 0 Å². The fourth-order valence-corrected chi connectivity index (χ4v) is 2.40. The number of carbonyl (C=O) groups excluding carboxylic acids is 2. The first-order valence-corrected chi connectivity index (χ1v) is 8.70. The SMILES string of the molecule is CN(CC(=O)N[C@@H](CCCN/C(N)=N\[N+](=O)[O-])C(=O)O)CC(=O)c1ccccc1. The number of rotatable bonds is 12. The number of hydrogen-bond donors (Lipinski definition) is 4. The molecular formula is C17H24N6O6. The van der Waals surface area contributed by atoms with Gasteiger partial charge in [-0.25, -0.2) is 14.9 Å². The number of carbonyl (C=O) groups is 3. The van der Waals surface area contributed by atoms with Crippen LogP contribution >= 0.6 is 0 Å². The van der Waals surface area contributed by atoms with Crippen molar-refractivity contribution in [3.8, 4) is 0 Å². The maximum atomic E-state index is 12.1. The Morgan fingerprint density at radius 3 is 2.52 bits per heavy atom. The van der Waals surface area contributed by atoms with E-state index < -0.39 is 28.9 Å². The zero-order valence-corrected chi connectivity index (χ0v) is 15.9. The Balaban J connectivity index is 2.42. The molecule has 1 aromatic rings. The Bertz CT molecular complexity index is 754. The van der Waals surface area contributed by atoms with Crippen LogP contribution in [0.4, 0.5) is 0 Å². The molecule has 0 heterocycles. The smallest absolute Gasteiger partial charge is 0.326 e. The molecule has 29 heavy (non-hydrogen) atoms. The number of likely N-dealkylation sites (N-methyl/N-ethyl adjacent to an activating group) is 1. The highest BCUT2D eigenvalue weighted by molar-refractivity contribution is 5.97. The van der Waals surface area contributed by atoms with Crippen molar-refractivity contribution >= 4 is 23.6 Å². The number of nitro groups is 1. The van der Waals surface area contributed by atoms with Crippen LogP contribution in [0.1, 0.15) is 23.2 Å². The second kappa shape index (κ2) is 12.0. The van der Waals surface area contributed by atoms with E-state index in [0.717, 1.165) is 0 Å². The molecule has 1 atom stereocenters. The zero-order chi connectivity index (χ0) is 21.8. The molecule has 0 saturated carbocycles. The summed E-state index contributed by atoms with van der Waals surface area (Å²) in [4.78, 5) is 47.2. The van der Waals surface area contributed by atoms with Crippen LogP contribution in [0, 0.1) is 10.1 Å². The number of nitrogens with one attached hydrogen (secondary N) is 2. The maximum Gasteiger partial charge on any atom is 0.326 e. The minimum atomic E-state index is -1.21. The zero-order valence-electron chi connectivity index (χ0n) is 15.9. The van der Waals surface area contributed by atoms with Crippen LogP contribution in [-0.4, -0.2) is 71.4 Å². The summed E-state index contributed by atoms with van der Waals surface area (Å²) >= 11 is 0. The fraction of sp³-hybridized carbons (Fsp3) is 0.412. The van der Waals surface area contributed by atoms with Gasteiger partial charge in [-0.1, -0.05) is 30.3 Å². The summed E-state index contributed by atoms with van der Waals surface area (Å²) in [7, 11) is 1.58. The van der Waals surface area contributed by atoms with E-state index in [9.17, 15) is 29.6 Å². The van der Waals surface area contributed by atoms with Gasteiger partial charge in [-0.2, -0.15) is 0 Å². The van der Waals surface area contributed by atoms with Crippen LogP contribution in [0.15, 0.2) is 35.4 Å². The first kappa shape index (κ1) is 23.5. The molecular weight excluding hydrogens is 384 g/mol. The van der Waals surface area contributed by atoms with E-state index in [1.54, 1.807) is 37.4 Å². The molecule has 0 spiro atoms. The maximum absolute atomic E-state index is 12.1. The number of carboxylic acids is 1. The summed E-state index contributed by atoms with van der Waals surface area (Å²) in [5.41, 5.74) is 5.77. The molecule has 12 nitrogen and oxygen atoms in total. The van der Waals surface area contributed by atoms with Gasteiger partial charge in [0.1, 0.15) is 11.1 Å². The van der Waals surface area contributed by atoms with Crippen LogP contribution in [0.25, 0.3) is 0 Å². The number of carboxylic acid groups (broad SMARTS) is 1. The Morgan fingerprint density at radius 1 is 1.28 bits per heavy atom. The molecule has 1 amide bonds. The lowest BCUT2D eigenvalue weighted by Gasteiger charge is -2.18. The summed E-state index contributed by atoms with van der Waals surface area (Å²) in [5, 5.41) is 26.1. The van der Waals surface area contributed by atoms with Crippen molar-refractivity contribution in [2.24, 2.45) is 10.8 Å². The van der Waals surface area contributed by atoms with E-state index >= 15 is 0 Å². The summed E-state index contributed by atoms with van der Waals surface area (Å²) in [6, 6.07) is 7.48. The molecule has 0 bridgehead atoms. The Kier molecular flexibility index (Phi) is 9.74. The molecule has 0 unspecified atom stereocenters. The first-order valence-electron chi connectivity index (χ1n) is 8.70. The van der Waals surface area contributed by atoms with Crippen molar-refractivity contribution in [3.05, 3.63) is 46.0 Å². The van der Waals surface area contributed by atoms with Crippen molar-refractivity contribution in [1.29, 1.82) is 0 Å². The van der Waals surface area contributed by atoms with Gasteiger partial charge in [0.15, 0.2) is 10.8 Å². The summed E-state index contributed by atoms with van der Waals surface area (Å²) in [6.45, 7) is 0.00545. The highest BCUT2D eigenvalue weighted by atomic mass is 16.7. The molecule has 1 rings (SSSR count). The lowest BCUT2D eigenvalue weighted by atomic mass is 10.1. The van der Waals surface area contributed by atoms with E-state index in [-0.39, 0.29) is 38.3 Å². The molecule has 5 N–H and O–H groups in total. The van der Waals surface area contributed by atoms with Crippen LogP contribution < -0.4 is 16.4 Å². The molecule has 0 radical (unpaired) electrons. The van der Waals surface area contributed by atoms with Gasteiger partial charge < -0.3 is 21.5 Å². The second-order valence-electron chi connectivity index (χ2n) is 6.21. The fourth-order valence-electron chi connectivity index (χ4n) is 2.40. The van der Waals surface area contributed by atoms with Gasteiger partial charge in [0.05, 0.1) is 13.1 Å². The van der Waals surface area contributed by atoms with E-state index in [4.69, 9.17) is 5.73 Å². The van der Waals surface area contributed by atoms with Gasteiger partial charge in [0.25, 0.3) is 5.96 Å². The number of amides is 1. The lowest BCUT2D eigenvalue weighted by molar-refractivity contribution is -0.485.